The van der Waals surface area contributed by atoms with Crippen molar-refractivity contribution in [2.75, 3.05) is 25.5 Å². The maximum Gasteiger partial charge on any atom is 0.265 e. The summed E-state index contributed by atoms with van der Waals surface area (Å²) in [5, 5.41) is 3.33. The summed E-state index contributed by atoms with van der Waals surface area (Å²) in [7, 11) is 2.13. The highest BCUT2D eigenvalue weighted by Gasteiger charge is 2.19. The highest BCUT2D eigenvalue weighted by Crippen LogP contribution is 2.25. The van der Waals surface area contributed by atoms with Crippen LogP contribution in [0.15, 0.2) is 48.5 Å². The molecular weight excluding hydrogens is 364 g/mol. The number of halogens is 1. The molecule has 27 heavy (non-hydrogen) atoms. The molecule has 0 unspecified atom stereocenters. The number of piperidine rings is 1. The molecule has 0 spiro atoms. The average molecular weight is 389 g/mol. The molecule has 1 fully saturated rings. The third kappa shape index (κ3) is 5.62. The van der Waals surface area contributed by atoms with Gasteiger partial charge in [0.1, 0.15) is 17.6 Å². The van der Waals surface area contributed by atoms with Gasteiger partial charge in [-0.05, 0) is 63.2 Å². The van der Waals surface area contributed by atoms with Crippen LogP contribution < -0.4 is 14.8 Å². The van der Waals surface area contributed by atoms with Gasteiger partial charge in [0.2, 0.25) is 0 Å². The minimum absolute atomic E-state index is 0.237. The Labute approximate surface area is 165 Å². The minimum atomic E-state index is -0.667. The van der Waals surface area contributed by atoms with Crippen molar-refractivity contribution in [3.63, 3.8) is 0 Å². The van der Waals surface area contributed by atoms with Crippen LogP contribution in [-0.4, -0.2) is 43.2 Å². The summed E-state index contributed by atoms with van der Waals surface area (Å²) in [5.74, 6) is 1.07. The first-order chi connectivity index (χ1) is 13.0. The van der Waals surface area contributed by atoms with Crippen LogP contribution in [0.3, 0.4) is 0 Å². The van der Waals surface area contributed by atoms with Crippen molar-refractivity contribution in [2.45, 2.75) is 32.0 Å². The zero-order valence-electron chi connectivity index (χ0n) is 15.7. The second-order valence-corrected chi connectivity index (χ2v) is 7.23. The van der Waals surface area contributed by atoms with Crippen molar-refractivity contribution in [1.82, 2.24) is 4.90 Å². The largest absolute Gasteiger partial charge is 0.490 e. The van der Waals surface area contributed by atoms with E-state index in [1.54, 1.807) is 19.1 Å². The van der Waals surface area contributed by atoms with Crippen molar-refractivity contribution in [3.05, 3.63) is 53.6 Å². The molecule has 2 aromatic rings. The van der Waals surface area contributed by atoms with E-state index in [-0.39, 0.29) is 12.0 Å². The monoisotopic (exact) mass is 388 g/mol. The Morgan fingerprint density at radius 1 is 1.15 bits per heavy atom. The summed E-state index contributed by atoms with van der Waals surface area (Å²) < 4.78 is 11.7. The maximum absolute atomic E-state index is 12.3. The molecule has 3 rings (SSSR count). The van der Waals surface area contributed by atoms with Gasteiger partial charge in [0.25, 0.3) is 5.91 Å². The van der Waals surface area contributed by atoms with Crippen LogP contribution in [-0.2, 0) is 4.79 Å². The lowest BCUT2D eigenvalue weighted by molar-refractivity contribution is -0.122. The molecule has 0 aromatic heterocycles. The molecule has 1 N–H and O–H groups in total. The zero-order chi connectivity index (χ0) is 19.2. The van der Waals surface area contributed by atoms with E-state index in [0.717, 1.165) is 31.7 Å². The quantitative estimate of drug-likeness (QED) is 0.805. The number of likely N-dealkylation sites (tertiary alicyclic amines) is 1. The Morgan fingerprint density at radius 2 is 1.81 bits per heavy atom. The Kier molecular flexibility index (Phi) is 6.58. The van der Waals surface area contributed by atoms with Crippen molar-refractivity contribution >= 4 is 23.2 Å². The van der Waals surface area contributed by atoms with Gasteiger partial charge >= 0.3 is 0 Å². The fourth-order valence-corrected chi connectivity index (χ4v) is 3.12. The van der Waals surface area contributed by atoms with Crippen molar-refractivity contribution in [2.24, 2.45) is 0 Å². The van der Waals surface area contributed by atoms with Crippen molar-refractivity contribution in [1.29, 1.82) is 0 Å². The first-order valence-electron chi connectivity index (χ1n) is 9.18. The van der Waals surface area contributed by atoms with Crippen LogP contribution >= 0.6 is 11.6 Å². The lowest BCUT2D eigenvalue weighted by Crippen LogP contribution is -2.35. The summed E-state index contributed by atoms with van der Waals surface area (Å²) in [6, 6.07) is 14.5. The minimum Gasteiger partial charge on any atom is -0.490 e. The van der Waals surface area contributed by atoms with Gasteiger partial charge in [0, 0.05) is 18.8 Å². The molecule has 6 heteroatoms. The molecular formula is C21H25ClN2O3. The number of carbonyl (C=O) groups is 1. The zero-order valence-corrected chi connectivity index (χ0v) is 16.4. The SMILES string of the molecule is C[C@H](Oc1ccccc1Cl)C(=O)Nc1ccc(OC2CCN(C)CC2)cc1. The fraction of sp³-hybridized carbons (Fsp3) is 0.381. The predicted octanol–water partition coefficient (Wildman–Crippen LogP) is 4.22. The highest BCUT2D eigenvalue weighted by atomic mass is 35.5. The van der Waals surface area contributed by atoms with Crippen LogP contribution in [0, 0.1) is 0 Å². The van der Waals surface area contributed by atoms with E-state index in [1.165, 1.54) is 0 Å². The Balaban J connectivity index is 1.51. The van der Waals surface area contributed by atoms with Crippen LogP contribution in [0.25, 0.3) is 0 Å². The van der Waals surface area contributed by atoms with E-state index in [1.807, 2.05) is 36.4 Å². The summed E-state index contributed by atoms with van der Waals surface area (Å²) in [6.07, 6.45) is 1.66. The lowest BCUT2D eigenvalue weighted by Gasteiger charge is -2.29. The number of hydrogen-bond acceptors (Lipinski definition) is 4. The summed E-state index contributed by atoms with van der Waals surface area (Å²) in [5.41, 5.74) is 0.699. The topological polar surface area (TPSA) is 50.8 Å². The van der Waals surface area contributed by atoms with E-state index in [4.69, 9.17) is 21.1 Å². The number of para-hydroxylation sites is 1. The third-order valence-corrected chi connectivity index (χ3v) is 4.91. The summed E-state index contributed by atoms with van der Waals surface area (Å²) >= 11 is 6.07. The molecule has 2 aromatic carbocycles. The molecule has 1 aliphatic heterocycles. The second kappa shape index (κ2) is 9.11. The van der Waals surface area contributed by atoms with Gasteiger partial charge in [-0.3, -0.25) is 4.79 Å². The lowest BCUT2D eigenvalue weighted by atomic mass is 10.1. The molecule has 1 heterocycles. The van der Waals surface area contributed by atoms with E-state index in [2.05, 4.69) is 17.3 Å². The van der Waals surface area contributed by atoms with E-state index >= 15 is 0 Å². The number of amides is 1. The fourth-order valence-electron chi connectivity index (χ4n) is 2.94. The molecule has 144 valence electrons. The van der Waals surface area contributed by atoms with E-state index in [0.29, 0.717) is 16.5 Å². The Morgan fingerprint density at radius 3 is 2.48 bits per heavy atom. The van der Waals surface area contributed by atoms with Gasteiger partial charge in [-0.15, -0.1) is 0 Å². The average Bonchev–Trinajstić information content (AvgIpc) is 2.67. The predicted molar refractivity (Wildman–Crippen MR) is 108 cm³/mol. The second-order valence-electron chi connectivity index (χ2n) is 6.82. The number of benzene rings is 2. The van der Waals surface area contributed by atoms with Crippen LogP contribution in [0.4, 0.5) is 5.69 Å². The van der Waals surface area contributed by atoms with Gasteiger partial charge in [0.15, 0.2) is 6.10 Å². The number of ether oxygens (including phenoxy) is 2. The van der Waals surface area contributed by atoms with Gasteiger partial charge < -0.3 is 19.7 Å². The molecule has 0 bridgehead atoms. The molecule has 1 amide bonds. The standard InChI is InChI=1S/C21H25ClN2O3/c1-15(26-20-6-4-3-5-19(20)22)21(25)23-16-7-9-17(10-8-16)27-18-11-13-24(2)14-12-18/h3-10,15,18H,11-14H2,1-2H3,(H,23,25)/t15-/m0/s1. The van der Waals surface area contributed by atoms with E-state index < -0.39 is 6.10 Å². The van der Waals surface area contributed by atoms with Gasteiger partial charge in [0.05, 0.1) is 5.02 Å². The maximum atomic E-state index is 12.3. The number of carbonyl (C=O) groups excluding carboxylic acids is 1. The summed E-state index contributed by atoms with van der Waals surface area (Å²) in [4.78, 5) is 14.7. The molecule has 1 saturated heterocycles. The van der Waals surface area contributed by atoms with Gasteiger partial charge in [-0.1, -0.05) is 23.7 Å². The molecule has 0 saturated carbocycles. The highest BCUT2D eigenvalue weighted by molar-refractivity contribution is 6.32. The van der Waals surface area contributed by atoms with Crippen molar-refractivity contribution in [3.8, 4) is 11.5 Å². The molecule has 1 atom stereocenters. The van der Waals surface area contributed by atoms with Crippen molar-refractivity contribution < 1.29 is 14.3 Å². The molecule has 5 nitrogen and oxygen atoms in total. The summed E-state index contributed by atoms with van der Waals surface area (Å²) in [6.45, 7) is 3.81. The Bertz CT molecular complexity index is 758. The molecule has 1 aliphatic rings. The molecule has 0 aliphatic carbocycles. The molecule has 0 radical (unpaired) electrons. The number of nitrogens with zero attached hydrogens (tertiary/aromatic N) is 1. The Hall–Kier alpha value is -2.24. The normalized spacial score (nSPS) is 16.6. The van der Waals surface area contributed by atoms with Crippen LogP contribution in [0.1, 0.15) is 19.8 Å². The first-order valence-corrected chi connectivity index (χ1v) is 9.56. The third-order valence-electron chi connectivity index (χ3n) is 4.60. The van der Waals surface area contributed by atoms with Crippen LogP contribution in [0.5, 0.6) is 11.5 Å². The number of rotatable bonds is 6. The first kappa shape index (κ1) is 19.5. The van der Waals surface area contributed by atoms with Crippen LogP contribution in [0.2, 0.25) is 5.02 Å². The van der Waals surface area contributed by atoms with E-state index in [9.17, 15) is 4.79 Å². The van der Waals surface area contributed by atoms with Gasteiger partial charge in [-0.25, -0.2) is 0 Å². The number of nitrogens with one attached hydrogen (secondary N) is 1. The number of anilines is 1. The smallest absolute Gasteiger partial charge is 0.265 e. The van der Waals surface area contributed by atoms with Gasteiger partial charge in [-0.2, -0.15) is 0 Å². The number of hydrogen-bond donors (Lipinski definition) is 1.